The normalized spacial score (nSPS) is 14.0. The van der Waals surface area contributed by atoms with Crippen LogP contribution in [0.4, 0.5) is 0 Å². The lowest BCUT2D eigenvalue weighted by Crippen LogP contribution is -2.24. The molecular weight excluding hydrogens is 368 g/mol. The number of carbonyl (C=O) groups is 3. The van der Waals surface area contributed by atoms with Gasteiger partial charge in [0.2, 0.25) is 0 Å². The summed E-state index contributed by atoms with van der Waals surface area (Å²) in [5.74, 6) is -3.26. The number of carboxylic acids is 2. The fourth-order valence-corrected chi connectivity index (χ4v) is 3.56. The van der Waals surface area contributed by atoms with Crippen molar-refractivity contribution in [3.63, 3.8) is 0 Å². The molecule has 0 radical (unpaired) electrons. The van der Waals surface area contributed by atoms with Crippen LogP contribution >= 0.6 is 0 Å². The lowest BCUT2D eigenvalue weighted by atomic mass is 9.85. The molecule has 2 N–H and O–H groups in total. The summed E-state index contributed by atoms with van der Waals surface area (Å²) in [5, 5.41) is 18.3. The zero-order valence-corrected chi connectivity index (χ0v) is 16.9. The van der Waals surface area contributed by atoms with E-state index in [9.17, 15) is 19.5 Å². The van der Waals surface area contributed by atoms with E-state index in [1.807, 2.05) is 61.5 Å². The number of hydrogen-bond acceptors (Lipinski definition) is 3. The van der Waals surface area contributed by atoms with E-state index in [1.165, 1.54) is 0 Å². The van der Waals surface area contributed by atoms with Crippen molar-refractivity contribution in [1.82, 2.24) is 0 Å². The van der Waals surface area contributed by atoms with Crippen molar-refractivity contribution in [3.05, 3.63) is 60.2 Å². The molecule has 2 aromatic carbocycles. The van der Waals surface area contributed by atoms with E-state index in [2.05, 4.69) is 0 Å². The van der Waals surface area contributed by atoms with Gasteiger partial charge in [0.05, 0.1) is 12.3 Å². The molecule has 2 aromatic rings. The van der Waals surface area contributed by atoms with Crippen LogP contribution in [0.3, 0.4) is 0 Å². The molecule has 0 amide bonds. The minimum atomic E-state index is -1.00. The molecule has 2 rings (SSSR count). The highest BCUT2D eigenvalue weighted by Gasteiger charge is 2.25. The number of rotatable bonds is 11. The zero-order chi connectivity index (χ0) is 21.4. The molecule has 0 aliphatic heterocycles. The van der Waals surface area contributed by atoms with Gasteiger partial charge >= 0.3 is 11.9 Å². The third kappa shape index (κ3) is 7.18. The van der Waals surface area contributed by atoms with Crippen LogP contribution < -0.4 is 0 Å². The molecule has 0 saturated heterocycles. The Morgan fingerprint density at radius 1 is 0.828 bits per heavy atom. The maximum atomic E-state index is 12.7. The summed E-state index contributed by atoms with van der Waals surface area (Å²) < 4.78 is 0. The van der Waals surface area contributed by atoms with Crippen molar-refractivity contribution in [3.8, 4) is 11.1 Å². The maximum absolute atomic E-state index is 12.7. The summed E-state index contributed by atoms with van der Waals surface area (Å²) in [6, 6.07) is 17.7. The first-order chi connectivity index (χ1) is 13.8. The van der Waals surface area contributed by atoms with Crippen LogP contribution in [0.25, 0.3) is 11.1 Å². The summed E-state index contributed by atoms with van der Waals surface area (Å²) >= 11 is 0. The number of carbonyl (C=O) groups excluding carboxylic acids is 1. The van der Waals surface area contributed by atoms with Gasteiger partial charge in [0.1, 0.15) is 5.78 Å². The van der Waals surface area contributed by atoms with Gasteiger partial charge in [0.25, 0.3) is 0 Å². The average molecular weight is 396 g/mol. The Morgan fingerprint density at radius 2 is 1.41 bits per heavy atom. The molecule has 1 unspecified atom stereocenters. The van der Waals surface area contributed by atoms with E-state index in [-0.39, 0.29) is 24.5 Å². The van der Waals surface area contributed by atoms with Gasteiger partial charge in [-0.1, -0.05) is 68.4 Å². The highest BCUT2D eigenvalue weighted by molar-refractivity contribution is 5.85. The van der Waals surface area contributed by atoms with Gasteiger partial charge in [-0.3, -0.25) is 14.4 Å². The fourth-order valence-electron chi connectivity index (χ4n) is 3.56. The van der Waals surface area contributed by atoms with Gasteiger partial charge in [-0.15, -0.1) is 0 Å². The van der Waals surface area contributed by atoms with E-state index in [0.717, 1.165) is 16.7 Å². The van der Waals surface area contributed by atoms with Crippen LogP contribution in [0.1, 0.15) is 38.7 Å². The molecule has 5 nitrogen and oxygen atoms in total. The molecule has 0 saturated carbocycles. The molecule has 154 valence electrons. The molecule has 0 aliphatic carbocycles. The Labute approximate surface area is 171 Å². The Kier molecular flexibility index (Phi) is 8.13. The van der Waals surface area contributed by atoms with Gasteiger partial charge in [0, 0.05) is 12.3 Å². The summed E-state index contributed by atoms with van der Waals surface area (Å²) in [6.07, 6.45) is 0.728. The topological polar surface area (TPSA) is 91.7 Å². The first-order valence-electron chi connectivity index (χ1n) is 9.88. The SMILES string of the molecule is C[C@@H](CC(=O)C(CC(=O)O)Cc1ccc(-c2ccccc2)cc1)C[C@@H](C)C(=O)O. The van der Waals surface area contributed by atoms with E-state index < -0.39 is 23.8 Å². The third-order valence-electron chi connectivity index (χ3n) is 5.15. The highest BCUT2D eigenvalue weighted by atomic mass is 16.4. The highest BCUT2D eigenvalue weighted by Crippen LogP contribution is 2.24. The maximum Gasteiger partial charge on any atom is 0.306 e. The van der Waals surface area contributed by atoms with E-state index >= 15 is 0 Å². The minimum absolute atomic E-state index is 0.106. The van der Waals surface area contributed by atoms with Gasteiger partial charge in [-0.05, 0) is 35.4 Å². The number of carboxylic acid groups (broad SMARTS) is 2. The first-order valence-corrected chi connectivity index (χ1v) is 9.88. The monoisotopic (exact) mass is 396 g/mol. The molecule has 0 fully saturated rings. The number of benzene rings is 2. The fraction of sp³-hybridized carbons (Fsp3) is 0.375. The third-order valence-corrected chi connectivity index (χ3v) is 5.15. The summed E-state index contributed by atoms with van der Waals surface area (Å²) in [4.78, 5) is 35.0. The van der Waals surface area contributed by atoms with Gasteiger partial charge in [-0.25, -0.2) is 0 Å². The van der Waals surface area contributed by atoms with Gasteiger partial charge < -0.3 is 10.2 Å². The summed E-state index contributed by atoms with van der Waals surface area (Å²) in [7, 11) is 0. The van der Waals surface area contributed by atoms with E-state index in [4.69, 9.17) is 5.11 Å². The second-order valence-electron chi connectivity index (χ2n) is 7.81. The largest absolute Gasteiger partial charge is 0.481 e. The second kappa shape index (κ2) is 10.6. The average Bonchev–Trinajstić information content (AvgIpc) is 2.68. The second-order valence-corrected chi connectivity index (χ2v) is 7.81. The van der Waals surface area contributed by atoms with Gasteiger partial charge in [-0.2, -0.15) is 0 Å². The predicted octanol–water partition coefficient (Wildman–Crippen LogP) is 4.69. The molecule has 29 heavy (non-hydrogen) atoms. The van der Waals surface area contributed by atoms with Crippen LogP contribution in [0, 0.1) is 17.8 Å². The predicted molar refractivity (Wildman–Crippen MR) is 112 cm³/mol. The number of Topliss-reactive ketones (excluding diaryl/α,β-unsaturated/α-hetero) is 1. The smallest absolute Gasteiger partial charge is 0.306 e. The molecule has 0 heterocycles. The van der Waals surface area contributed by atoms with Crippen molar-refractivity contribution >= 4 is 17.7 Å². The Bertz CT molecular complexity index is 826. The number of ketones is 1. The summed E-state index contributed by atoms with van der Waals surface area (Å²) in [5.41, 5.74) is 3.07. The van der Waals surface area contributed by atoms with E-state index in [0.29, 0.717) is 12.8 Å². The Balaban J connectivity index is 2.05. The van der Waals surface area contributed by atoms with Crippen molar-refractivity contribution in [2.75, 3.05) is 0 Å². The van der Waals surface area contributed by atoms with Crippen LogP contribution in [0.5, 0.6) is 0 Å². The Morgan fingerprint density at radius 3 is 1.97 bits per heavy atom. The molecule has 5 heteroatoms. The van der Waals surface area contributed by atoms with Gasteiger partial charge in [0.15, 0.2) is 0 Å². The van der Waals surface area contributed by atoms with E-state index in [1.54, 1.807) is 6.92 Å². The van der Waals surface area contributed by atoms with Crippen molar-refractivity contribution < 1.29 is 24.6 Å². The lowest BCUT2D eigenvalue weighted by Gasteiger charge is -2.18. The molecule has 0 aliphatic rings. The number of aliphatic carboxylic acids is 2. The summed E-state index contributed by atoms with van der Waals surface area (Å²) in [6.45, 7) is 3.45. The molecule has 0 bridgehead atoms. The Hall–Kier alpha value is -2.95. The van der Waals surface area contributed by atoms with Crippen molar-refractivity contribution in [1.29, 1.82) is 0 Å². The minimum Gasteiger partial charge on any atom is -0.481 e. The lowest BCUT2D eigenvalue weighted by molar-refractivity contribution is -0.142. The number of hydrogen-bond donors (Lipinski definition) is 2. The molecule has 0 spiro atoms. The van der Waals surface area contributed by atoms with Crippen LogP contribution in [0.2, 0.25) is 0 Å². The van der Waals surface area contributed by atoms with Crippen LogP contribution in [0.15, 0.2) is 54.6 Å². The standard InChI is InChI=1S/C24H28O5/c1-16(12-17(2)24(28)29)13-22(25)21(15-23(26)27)14-18-8-10-20(11-9-18)19-6-4-3-5-7-19/h3-11,16-17,21H,12-15H2,1-2H3,(H,26,27)(H,28,29)/t16-,17-,21?/m1/s1. The van der Waals surface area contributed by atoms with Crippen LogP contribution in [-0.2, 0) is 20.8 Å². The zero-order valence-electron chi connectivity index (χ0n) is 16.9. The molecular formula is C24H28O5. The quantitative estimate of drug-likeness (QED) is 0.575. The molecule has 0 aromatic heterocycles. The molecule has 3 atom stereocenters. The first kappa shape index (κ1) is 22.3. The van der Waals surface area contributed by atoms with Crippen molar-refractivity contribution in [2.45, 2.75) is 39.5 Å². The van der Waals surface area contributed by atoms with Crippen molar-refractivity contribution in [2.24, 2.45) is 17.8 Å². The van der Waals surface area contributed by atoms with Crippen LogP contribution in [-0.4, -0.2) is 27.9 Å².